The van der Waals surface area contributed by atoms with Crippen LogP contribution < -0.4 is 11.1 Å². The maximum Gasteiger partial charge on any atom is 0.433 e. The highest BCUT2D eigenvalue weighted by Crippen LogP contribution is 2.25. The number of nitro groups is 1. The third-order valence-electron chi connectivity index (χ3n) is 3.45. The van der Waals surface area contributed by atoms with Crippen molar-refractivity contribution in [1.82, 2.24) is 5.32 Å². The zero-order valence-electron chi connectivity index (χ0n) is 10.6. The minimum atomic E-state index is -0.678. The molecule has 1 aliphatic rings. The normalized spacial score (nSPS) is 17.9. The molecule has 1 fully saturated rings. The highest BCUT2D eigenvalue weighted by molar-refractivity contribution is 5.91. The molecule has 0 radical (unpaired) electrons. The van der Waals surface area contributed by atoms with Gasteiger partial charge in [-0.3, -0.25) is 14.9 Å². The fourth-order valence-electron chi connectivity index (χ4n) is 2.32. The average molecular weight is 267 g/mol. The van der Waals surface area contributed by atoms with E-state index >= 15 is 0 Å². The molecule has 2 rings (SSSR count). The van der Waals surface area contributed by atoms with Crippen molar-refractivity contribution < 1.29 is 14.1 Å². The van der Waals surface area contributed by atoms with Crippen LogP contribution in [0.4, 0.5) is 5.88 Å². The number of carbonyl (C=O) groups is 1. The summed E-state index contributed by atoms with van der Waals surface area (Å²) in [5, 5.41) is 13.1. The van der Waals surface area contributed by atoms with Gasteiger partial charge < -0.3 is 15.5 Å². The summed E-state index contributed by atoms with van der Waals surface area (Å²) in [4.78, 5) is 21.6. The molecular formula is C12H17N3O4. The number of nitrogens with two attached hydrogens (primary N) is 1. The molecule has 7 heteroatoms. The van der Waals surface area contributed by atoms with E-state index in [1.165, 1.54) is 12.5 Å². The second kappa shape index (κ2) is 5.40. The van der Waals surface area contributed by atoms with Crippen molar-refractivity contribution >= 4 is 11.8 Å². The van der Waals surface area contributed by atoms with E-state index in [0.29, 0.717) is 6.54 Å². The molecule has 19 heavy (non-hydrogen) atoms. The highest BCUT2D eigenvalue weighted by atomic mass is 16.6. The number of furan rings is 1. The van der Waals surface area contributed by atoms with E-state index in [-0.39, 0.29) is 11.3 Å². The quantitative estimate of drug-likeness (QED) is 0.635. The third-order valence-corrected chi connectivity index (χ3v) is 3.45. The lowest BCUT2D eigenvalue weighted by Crippen LogP contribution is -2.51. The molecule has 0 saturated heterocycles. The van der Waals surface area contributed by atoms with Gasteiger partial charge in [-0.1, -0.05) is 19.3 Å². The molecule has 1 amide bonds. The average Bonchev–Trinajstić information content (AvgIpc) is 2.87. The molecule has 104 valence electrons. The number of hydrogen-bond donors (Lipinski definition) is 2. The molecule has 1 aromatic heterocycles. The highest BCUT2D eigenvalue weighted by Gasteiger charge is 2.28. The topological polar surface area (TPSA) is 111 Å². The number of amides is 1. The minimum Gasteiger partial charge on any atom is -0.395 e. The van der Waals surface area contributed by atoms with Gasteiger partial charge in [0.25, 0.3) is 5.91 Å². The number of rotatable bonds is 4. The van der Waals surface area contributed by atoms with Gasteiger partial charge >= 0.3 is 5.88 Å². The Bertz CT molecular complexity index is 477. The van der Waals surface area contributed by atoms with Crippen LogP contribution in [0.3, 0.4) is 0 Å². The Morgan fingerprint density at radius 2 is 2.11 bits per heavy atom. The van der Waals surface area contributed by atoms with Gasteiger partial charge in [-0.05, 0) is 18.9 Å². The summed E-state index contributed by atoms with van der Waals surface area (Å²) in [6.45, 7) is 0.361. The minimum absolute atomic E-state index is 0.0638. The summed E-state index contributed by atoms with van der Waals surface area (Å²) in [5.74, 6) is -0.972. The fraction of sp³-hybridized carbons (Fsp3) is 0.583. The number of nitrogens with zero attached hydrogens (tertiary/aromatic N) is 1. The van der Waals surface area contributed by atoms with E-state index in [1.54, 1.807) is 0 Å². The molecule has 0 unspecified atom stereocenters. The van der Waals surface area contributed by atoms with Gasteiger partial charge in [0.05, 0.1) is 6.07 Å². The first kappa shape index (κ1) is 13.5. The van der Waals surface area contributed by atoms with Crippen molar-refractivity contribution in [1.29, 1.82) is 0 Å². The monoisotopic (exact) mass is 267 g/mol. The van der Waals surface area contributed by atoms with Crippen LogP contribution in [0.5, 0.6) is 0 Å². The molecule has 0 spiro atoms. The zero-order chi connectivity index (χ0) is 13.9. The molecule has 0 bridgehead atoms. The van der Waals surface area contributed by atoms with Crippen LogP contribution in [0, 0.1) is 10.1 Å². The summed E-state index contributed by atoms with van der Waals surface area (Å²) in [7, 11) is 0. The van der Waals surface area contributed by atoms with Crippen LogP contribution in [0.1, 0.15) is 42.7 Å². The van der Waals surface area contributed by atoms with Crippen molar-refractivity contribution in [3.63, 3.8) is 0 Å². The van der Waals surface area contributed by atoms with Crippen LogP contribution in [-0.4, -0.2) is 22.9 Å². The van der Waals surface area contributed by atoms with Crippen LogP contribution in [-0.2, 0) is 0 Å². The second-order valence-corrected chi connectivity index (χ2v) is 5.00. The molecule has 0 aromatic carbocycles. The van der Waals surface area contributed by atoms with Crippen molar-refractivity contribution in [3.05, 3.63) is 28.0 Å². The van der Waals surface area contributed by atoms with E-state index in [0.717, 1.165) is 31.7 Å². The van der Waals surface area contributed by atoms with Crippen molar-refractivity contribution in [2.75, 3.05) is 6.54 Å². The predicted octanol–water partition coefficient (Wildman–Crippen LogP) is 1.58. The van der Waals surface area contributed by atoms with Crippen molar-refractivity contribution in [2.24, 2.45) is 5.73 Å². The number of carbonyl (C=O) groups excluding carboxylic acids is 1. The lowest BCUT2D eigenvalue weighted by atomic mass is 9.82. The molecule has 1 saturated carbocycles. The van der Waals surface area contributed by atoms with E-state index in [9.17, 15) is 14.9 Å². The Morgan fingerprint density at radius 1 is 1.42 bits per heavy atom. The maximum absolute atomic E-state index is 11.8. The fourth-order valence-corrected chi connectivity index (χ4v) is 2.32. The molecule has 7 nitrogen and oxygen atoms in total. The molecule has 1 aliphatic carbocycles. The Balaban J connectivity index is 1.91. The first-order chi connectivity index (χ1) is 9.00. The third kappa shape index (κ3) is 3.31. The first-order valence-corrected chi connectivity index (χ1v) is 6.31. The SMILES string of the molecule is NC1(CNC(=O)c2ccc([N+](=O)[O-])o2)CCCCC1. The van der Waals surface area contributed by atoms with E-state index in [2.05, 4.69) is 5.32 Å². The molecular weight excluding hydrogens is 250 g/mol. The smallest absolute Gasteiger partial charge is 0.395 e. The Morgan fingerprint density at radius 3 is 2.68 bits per heavy atom. The van der Waals surface area contributed by atoms with Crippen LogP contribution in [0.15, 0.2) is 16.5 Å². The maximum atomic E-state index is 11.8. The van der Waals surface area contributed by atoms with E-state index in [4.69, 9.17) is 10.2 Å². The summed E-state index contributed by atoms with van der Waals surface area (Å²) >= 11 is 0. The van der Waals surface area contributed by atoms with Crippen LogP contribution in [0.2, 0.25) is 0 Å². The second-order valence-electron chi connectivity index (χ2n) is 5.00. The molecule has 0 aliphatic heterocycles. The molecule has 1 aromatic rings. The molecule has 3 N–H and O–H groups in total. The number of hydrogen-bond acceptors (Lipinski definition) is 5. The molecule has 0 atom stereocenters. The standard InChI is InChI=1S/C12H17N3O4/c13-12(6-2-1-3-7-12)8-14-11(16)9-4-5-10(19-9)15(17)18/h4-5H,1-3,6-8,13H2,(H,14,16). The van der Waals surface area contributed by atoms with Crippen LogP contribution >= 0.6 is 0 Å². The van der Waals surface area contributed by atoms with Gasteiger partial charge in [-0.15, -0.1) is 0 Å². The lowest BCUT2D eigenvalue weighted by molar-refractivity contribution is -0.402. The summed E-state index contributed by atoms with van der Waals surface area (Å²) in [6.07, 6.45) is 5.08. The van der Waals surface area contributed by atoms with Gasteiger partial charge in [-0.25, -0.2) is 0 Å². The van der Waals surface area contributed by atoms with E-state index in [1.807, 2.05) is 0 Å². The summed E-state index contributed by atoms with van der Waals surface area (Å²) in [6, 6.07) is 2.45. The largest absolute Gasteiger partial charge is 0.433 e. The first-order valence-electron chi connectivity index (χ1n) is 6.31. The van der Waals surface area contributed by atoms with E-state index < -0.39 is 16.7 Å². The summed E-state index contributed by atoms with van der Waals surface area (Å²) in [5.41, 5.74) is 5.82. The predicted molar refractivity (Wildman–Crippen MR) is 67.7 cm³/mol. The van der Waals surface area contributed by atoms with Gasteiger partial charge in [0, 0.05) is 12.1 Å². The summed E-state index contributed by atoms with van der Waals surface area (Å²) < 4.78 is 4.83. The van der Waals surface area contributed by atoms with Gasteiger partial charge in [0.2, 0.25) is 0 Å². The Labute approximate surface area is 110 Å². The van der Waals surface area contributed by atoms with Crippen molar-refractivity contribution in [2.45, 2.75) is 37.6 Å². The molecule has 1 heterocycles. The van der Waals surface area contributed by atoms with Crippen molar-refractivity contribution in [3.8, 4) is 0 Å². The lowest BCUT2D eigenvalue weighted by Gasteiger charge is -2.33. The Kier molecular flexibility index (Phi) is 3.84. The van der Waals surface area contributed by atoms with Gasteiger partial charge in [-0.2, -0.15) is 0 Å². The van der Waals surface area contributed by atoms with Gasteiger partial charge in [0.1, 0.15) is 4.92 Å². The zero-order valence-corrected chi connectivity index (χ0v) is 10.6. The number of nitrogens with one attached hydrogen (secondary N) is 1. The Hall–Kier alpha value is -1.89. The van der Waals surface area contributed by atoms with Crippen LogP contribution in [0.25, 0.3) is 0 Å². The van der Waals surface area contributed by atoms with Gasteiger partial charge in [0.15, 0.2) is 5.76 Å².